The molecule has 0 aliphatic rings. The maximum atomic E-state index is 12.6. The molecule has 0 unspecified atom stereocenters. The second-order valence-electron chi connectivity index (χ2n) is 5.74. The Morgan fingerprint density at radius 1 is 0.757 bits per heavy atom. The van der Waals surface area contributed by atoms with E-state index >= 15 is 0 Å². The zero-order valence-electron chi connectivity index (χ0n) is 19.7. The second kappa shape index (κ2) is 25.9. The van der Waals surface area contributed by atoms with Crippen molar-refractivity contribution in [3.05, 3.63) is 106 Å². The Hall–Kier alpha value is 1.01. The number of hydrogen-bond acceptors (Lipinski definition) is 2. The van der Waals surface area contributed by atoms with Gasteiger partial charge in [-0.1, -0.05) is 28.1 Å². The van der Waals surface area contributed by atoms with Crippen LogP contribution in [0.2, 0.25) is 0 Å². The van der Waals surface area contributed by atoms with E-state index in [2.05, 4.69) is 62.4 Å². The topological polar surface area (TPSA) is 37.3 Å². The summed E-state index contributed by atoms with van der Waals surface area (Å²) >= 11 is 12.6. The minimum absolute atomic E-state index is 0. The van der Waals surface area contributed by atoms with Crippen molar-refractivity contribution in [2.45, 2.75) is 11.9 Å². The third-order valence-corrected chi connectivity index (χ3v) is 4.04. The number of hydrogen-bond donors (Lipinski definition) is 1. The number of halogens is 11. The van der Waals surface area contributed by atoms with Crippen molar-refractivity contribution in [2.75, 3.05) is 0 Å². The van der Waals surface area contributed by atoms with Gasteiger partial charge in [-0.15, -0.1) is 0 Å². The first-order valence-corrected chi connectivity index (χ1v) is 17.2. The zero-order chi connectivity index (χ0) is 26.3. The van der Waals surface area contributed by atoms with Crippen LogP contribution >= 0.6 is 66.4 Å². The van der Waals surface area contributed by atoms with Crippen molar-refractivity contribution in [2.24, 2.45) is 0 Å². The molecule has 0 heterocycles. The summed E-state index contributed by atoms with van der Waals surface area (Å²) in [6.45, 7) is -0.397. The molecule has 0 aromatic heterocycles. The maximum Gasteiger partial charge on any atom is 1.00 e. The van der Waals surface area contributed by atoms with Gasteiger partial charge in [0.25, 0.3) is 0 Å². The van der Waals surface area contributed by atoms with Crippen molar-refractivity contribution in [3.8, 4) is 0 Å². The molecule has 2 nitrogen and oxygen atoms in total. The van der Waals surface area contributed by atoms with E-state index in [0.29, 0.717) is 23.2 Å². The summed E-state index contributed by atoms with van der Waals surface area (Å²) in [5.41, 5.74) is 0.462. The van der Waals surface area contributed by atoms with Crippen LogP contribution in [0.25, 0.3) is 0 Å². The Morgan fingerprint density at radius 3 is 1.41 bits per heavy atom. The van der Waals surface area contributed by atoms with E-state index in [1.807, 2.05) is 0 Å². The van der Waals surface area contributed by atoms with Crippen LogP contribution in [0.15, 0.2) is 54.6 Å². The van der Waals surface area contributed by atoms with Gasteiger partial charge in [-0.25, -0.2) is 26.3 Å². The molecule has 0 spiro atoms. The van der Waals surface area contributed by atoms with Gasteiger partial charge in [-0.2, -0.15) is 0 Å². The molecule has 0 saturated heterocycles. The summed E-state index contributed by atoms with van der Waals surface area (Å²) < 4.78 is 73.7. The van der Waals surface area contributed by atoms with Crippen LogP contribution in [-0.4, -0.2) is 19.8 Å². The number of benzene rings is 3. The molecule has 199 valence electrons. The van der Waals surface area contributed by atoms with Gasteiger partial charge in [0, 0.05) is 37.5 Å². The number of aliphatic hydroxyl groups excluding tert-OH is 1. The Labute approximate surface area is 287 Å². The number of carbonyl (C=O) groups excluding carboxylic acids is 1. The van der Waals surface area contributed by atoms with E-state index < -0.39 is 41.5 Å². The van der Waals surface area contributed by atoms with Gasteiger partial charge in [0.2, 0.25) is 0 Å². The van der Waals surface area contributed by atoms with Crippen LogP contribution in [0.1, 0.15) is 22.9 Å². The first-order chi connectivity index (χ1) is 15.9. The van der Waals surface area contributed by atoms with E-state index in [1.165, 1.54) is 18.2 Å². The van der Waals surface area contributed by atoms with Gasteiger partial charge < -0.3 is 30.5 Å². The van der Waals surface area contributed by atoms with Crippen LogP contribution in [0, 0.1) is 34.9 Å². The average molecular weight is 926 g/mol. The minimum Gasteiger partial charge on any atom is -1.00 e. The van der Waals surface area contributed by atoms with Gasteiger partial charge in [-0.3, -0.25) is 4.79 Å². The van der Waals surface area contributed by atoms with E-state index in [4.69, 9.17) is 5.11 Å². The average Bonchev–Trinajstić information content (AvgIpc) is 2.74. The molecule has 3 aromatic rings. The zero-order valence-corrected chi connectivity index (χ0v) is 30.1. The molecule has 1 N–H and O–H groups in total. The summed E-state index contributed by atoms with van der Waals surface area (Å²) in [6, 6.07) is 9.38. The molecule has 16 heteroatoms. The van der Waals surface area contributed by atoms with Crippen LogP contribution < -0.4 is 53.5 Å². The van der Waals surface area contributed by atoms with Gasteiger partial charge in [0.1, 0.15) is 38.9 Å². The van der Waals surface area contributed by atoms with Crippen molar-refractivity contribution in [1.29, 1.82) is 0 Å². The third-order valence-electron chi connectivity index (χ3n) is 3.43. The number of carbonyl (C=O) groups is 1. The van der Waals surface area contributed by atoms with Crippen molar-refractivity contribution >= 4 is 81.1 Å². The maximum absolute atomic E-state index is 12.6. The monoisotopic (exact) mass is 922 g/mol. The van der Waals surface area contributed by atoms with Crippen LogP contribution in [-0.2, 0) is 11.9 Å². The van der Waals surface area contributed by atoms with E-state index in [9.17, 15) is 31.1 Å². The van der Waals surface area contributed by atoms with Gasteiger partial charge in [0.15, 0.2) is 6.29 Å². The fraction of sp³-hybridized carbons (Fsp3) is 0.0952. The van der Waals surface area contributed by atoms with Crippen LogP contribution in [0.5, 0.6) is 0 Å². The fourth-order valence-electron chi connectivity index (χ4n) is 1.88. The standard InChI is InChI=1S/C7H5BrF2.C7H6F2O.C7H4F2O.B.Br3P.HI.Na.H/c8-4-5-1-2-6(9)3-7(5)10;2*8-6-2-1-5(4-10)7(9)3-6;;1-4(2)3;;;/h1-3H,4H2;1-3,10H,4H2;1-4H;;;1H;;/q;;;;;;+1;-1/p-1. The normalized spacial score (nSPS) is 8.86. The predicted molar refractivity (Wildman–Crippen MR) is 144 cm³/mol. The molecule has 0 aliphatic carbocycles. The second-order valence-corrected chi connectivity index (χ2v) is 21.6. The van der Waals surface area contributed by atoms with Crippen molar-refractivity contribution in [1.82, 2.24) is 0 Å². The van der Waals surface area contributed by atoms with Crippen molar-refractivity contribution < 1.29 is 91.2 Å². The summed E-state index contributed by atoms with van der Waals surface area (Å²) in [7, 11) is 0. The number of aldehydes is 1. The van der Waals surface area contributed by atoms with Crippen LogP contribution in [0.4, 0.5) is 26.3 Å². The van der Waals surface area contributed by atoms with Gasteiger partial charge >= 0.3 is 29.6 Å². The fourth-order valence-corrected chi connectivity index (χ4v) is 2.33. The summed E-state index contributed by atoms with van der Waals surface area (Å²) in [5.74, 6) is -3.88. The third kappa shape index (κ3) is 21.4. The summed E-state index contributed by atoms with van der Waals surface area (Å²) in [5, 5.41) is 8.86. The molecular weight excluding hydrogens is 910 g/mol. The van der Waals surface area contributed by atoms with Gasteiger partial charge in [0.05, 0.1) is 12.2 Å². The van der Waals surface area contributed by atoms with E-state index in [1.54, 1.807) is 0 Å². The Morgan fingerprint density at radius 2 is 1.11 bits per heavy atom. The number of aliphatic hydroxyl groups is 1. The van der Waals surface area contributed by atoms with E-state index in [-0.39, 0.29) is 78.5 Å². The first-order valence-electron chi connectivity index (χ1n) is 8.67. The molecule has 0 amide bonds. The molecule has 3 radical (unpaired) electrons. The molecule has 0 fully saturated rings. The van der Waals surface area contributed by atoms with Crippen LogP contribution in [0.3, 0.4) is 0 Å². The molecule has 0 bridgehead atoms. The minimum atomic E-state index is -0.824. The largest absolute Gasteiger partial charge is 1.00 e. The summed E-state index contributed by atoms with van der Waals surface area (Å²) in [6.07, 6.45) is 0.342. The quantitative estimate of drug-likeness (QED) is 0.110. The molecular formula is C21H16BBr4F6INaO2P-. The van der Waals surface area contributed by atoms with Gasteiger partial charge in [-0.05, 0) is 76.3 Å². The first kappa shape index (κ1) is 45.0. The van der Waals surface area contributed by atoms with Crippen molar-refractivity contribution in [3.63, 3.8) is 0 Å². The predicted octanol–water partition coefficient (Wildman–Crippen LogP) is 3.23. The Kier molecular flexibility index (Phi) is 31.6. The molecule has 37 heavy (non-hydrogen) atoms. The number of rotatable bonds is 3. The Bertz CT molecular complexity index is 1020. The Balaban J connectivity index is -0.000000128. The summed E-state index contributed by atoms with van der Waals surface area (Å²) in [4.78, 5) is 9.98. The SMILES string of the molecule is BrP(Br)Br.Fc1ccc(CBr)c(F)c1.O=Cc1ccc(F)cc1F.OCc1ccc(F)cc1F.[B].[H-].[I-].[Na+]. The molecule has 3 aromatic carbocycles. The molecule has 3 rings (SSSR count). The smallest absolute Gasteiger partial charge is 1.00 e. The van der Waals surface area contributed by atoms with E-state index in [0.717, 1.165) is 30.3 Å². The number of alkyl halides is 1. The molecule has 0 saturated carbocycles. The molecule has 0 atom stereocenters. The molecule has 0 aliphatic heterocycles.